The van der Waals surface area contributed by atoms with E-state index in [1.165, 1.54) is 5.56 Å². The molecule has 0 atom stereocenters. The Balaban J connectivity index is 0.00000361. The van der Waals surface area contributed by atoms with Crippen molar-refractivity contribution in [3.8, 4) is 0 Å². The largest absolute Gasteiger partial charge is 0.383 e. The summed E-state index contributed by atoms with van der Waals surface area (Å²) in [5.74, 6) is 0.365. The van der Waals surface area contributed by atoms with Gasteiger partial charge >= 0.3 is 0 Å². The summed E-state index contributed by atoms with van der Waals surface area (Å²) in [7, 11) is 1.64. The average molecular weight is 301 g/mol. The molecule has 0 bridgehead atoms. The van der Waals surface area contributed by atoms with E-state index in [0.29, 0.717) is 25.6 Å². The fourth-order valence-electron chi connectivity index (χ4n) is 1.90. The Bertz CT molecular complexity index is 422. The molecule has 1 aromatic carbocycles. The van der Waals surface area contributed by atoms with Crippen molar-refractivity contribution in [1.29, 1.82) is 0 Å². The summed E-state index contributed by atoms with van der Waals surface area (Å²) in [4.78, 5) is 11.9. The quantitative estimate of drug-likeness (QED) is 0.761. The lowest BCUT2D eigenvalue weighted by Gasteiger charge is -2.16. The third-order valence-electron chi connectivity index (χ3n) is 2.96. The zero-order valence-electron chi connectivity index (χ0n) is 12.7. The predicted molar refractivity (Wildman–Crippen MR) is 85.9 cm³/mol. The van der Waals surface area contributed by atoms with E-state index in [2.05, 4.69) is 30.5 Å². The summed E-state index contributed by atoms with van der Waals surface area (Å²) in [6.07, 6.45) is 0. The maximum Gasteiger partial charge on any atom is 0.238 e. The van der Waals surface area contributed by atoms with Gasteiger partial charge in [0, 0.05) is 19.3 Å². The van der Waals surface area contributed by atoms with Gasteiger partial charge in [0.1, 0.15) is 0 Å². The number of aryl methyl sites for hydroxylation is 1. The Hall–Kier alpha value is -1.10. The number of methoxy groups -OCH3 is 1. The molecule has 0 saturated carbocycles. The number of halogens is 1. The highest BCUT2D eigenvalue weighted by molar-refractivity contribution is 5.93. The maximum absolute atomic E-state index is 11.9. The smallest absolute Gasteiger partial charge is 0.238 e. The summed E-state index contributed by atoms with van der Waals surface area (Å²) in [6, 6.07) is 6.10. The minimum Gasteiger partial charge on any atom is -0.383 e. The summed E-state index contributed by atoms with van der Waals surface area (Å²) >= 11 is 0. The molecule has 0 aliphatic rings. The molecule has 0 aliphatic carbocycles. The predicted octanol–water partition coefficient (Wildman–Crippen LogP) is 2.71. The van der Waals surface area contributed by atoms with Gasteiger partial charge in [-0.3, -0.25) is 4.79 Å². The minimum atomic E-state index is -0.0210. The Labute approximate surface area is 127 Å². The molecular formula is C15H25ClN2O2. The number of anilines is 1. The molecule has 114 valence electrons. The lowest BCUT2D eigenvalue weighted by Crippen LogP contribution is -2.30. The molecule has 0 spiro atoms. The summed E-state index contributed by atoms with van der Waals surface area (Å²) in [5, 5.41) is 6.03. The minimum absolute atomic E-state index is 0. The van der Waals surface area contributed by atoms with Gasteiger partial charge in [-0.05, 0) is 24.0 Å². The van der Waals surface area contributed by atoms with Crippen molar-refractivity contribution in [2.75, 3.05) is 32.1 Å². The van der Waals surface area contributed by atoms with E-state index in [4.69, 9.17) is 4.74 Å². The highest BCUT2D eigenvalue weighted by atomic mass is 35.5. The molecule has 20 heavy (non-hydrogen) atoms. The third kappa shape index (κ3) is 5.90. The van der Waals surface area contributed by atoms with Crippen LogP contribution in [0.1, 0.15) is 30.9 Å². The molecular weight excluding hydrogens is 276 g/mol. The highest BCUT2D eigenvalue weighted by Gasteiger charge is 2.11. The van der Waals surface area contributed by atoms with Crippen molar-refractivity contribution in [3.05, 3.63) is 29.3 Å². The Morgan fingerprint density at radius 2 is 2.05 bits per heavy atom. The summed E-state index contributed by atoms with van der Waals surface area (Å²) in [5.41, 5.74) is 3.21. The molecule has 1 amide bonds. The van der Waals surface area contributed by atoms with Crippen LogP contribution in [0.15, 0.2) is 18.2 Å². The van der Waals surface area contributed by atoms with Crippen LogP contribution in [0.5, 0.6) is 0 Å². The highest BCUT2D eigenvalue weighted by Crippen LogP contribution is 2.27. The van der Waals surface area contributed by atoms with Gasteiger partial charge in [0.05, 0.1) is 13.2 Å². The molecule has 0 heterocycles. The monoisotopic (exact) mass is 300 g/mol. The first-order valence-corrected chi connectivity index (χ1v) is 6.65. The molecule has 5 heteroatoms. The van der Waals surface area contributed by atoms with E-state index in [1.54, 1.807) is 7.11 Å². The molecule has 0 aliphatic heterocycles. The van der Waals surface area contributed by atoms with Crippen LogP contribution in [0.25, 0.3) is 0 Å². The van der Waals surface area contributed by atoms with Crippen LogP contribution in [0, 0.1) is 6.92 Å². The number of hydrogen-bond acceptors (Lipinski definition) is 3. The van der Waals surface area contributed by atoms with E-state index in [0.717, 1.165) is 11.3 Å². The van der Waals surface area contributed by atoms with Crippen molar-refractivity contribution in [1.82, 2.24) is 5.32 Å². The third-order valence-corrected chi connectivity index (χ3v) is 2.96. The van der Waals surface area contributed by atoms with Gasteiger partial charge in [-0.15, -0.1) is 12.4 Å². The van der Waals surface area contributed by atoms with Gasteiger partial charge in [-0.2, -0.15) is 0 Å². The Kier molecular flexibility index (Phi) is 9.21. The average Bonchev–Trinajstić information content (AvgIpc) is 2.37. The lowest BCUT2D eigenvalue weighted by atomic mass is 9.98. The van der Waals surface area contributed by atoms with E-state index < -0.39 is 0 Å². The van der Waals surface area contributed by atoms with E-state index in [9.17, 15) is 4.79 Å². The molecule has 4 nitrogen and oxygen atoms in total. The Morgan fingerprint density at radius 1 is 1.35 bits per heavy atom. The normalized spacial score (nSPS) is 10.2. The van der Waals surface area contributed by atoms with Crippen molar-refractivity contribution in [2.45, 2.75) is 26.7 Å². The van der Waals surface area contributed by atoms with E-state index >= 15 is 0 Å². The molecule has 0 fully saturated rings. The number of rotatable bonds is 7. The van der Waals surface area contributed by atoms with Crippen LogP contribution in [-0.2, 0) is 9.53 Å². The Morgan fingerprint density at radius 3 is 2.65 bits per heavy atom. The zero-order chi connectivity index (χ0) is 14.3. The van der Waals surface area contributed by atoms with Crippen molar-refractivity contribution >= 4 is 24.0 Å². The topological polar surface area (TPSA) is 50.4 Å². The van der Waals surface area contributed by atoms with Crippen molar-refractivity contribution in [2.24, 2.45) is 0 Å². The first kappa shape index (κ1) is 18.9. The molecule has 0 aromatic heterocycles. The second kappa shape index (κ2) is 9.75. The maximum atomic E-state index is 11.9. The number of para-hydroxylation sites is 1. The fraction of sp³-hybridized carbons (Fsp3) is 0.533. The molecule has 0 unspecified atom stereocenters. The summed E-state index contributed by atoms with van der Waals surface area (Å²) < 4.78 is 4.92. The number of hydrogen-bond donors (Lipinski definition) is 2. The molecule has 1 rings (SSSR count). The number of carbonyl (C=O) groups excluding carboxylic acids is 1. The number of amides is 1. The first-order valence-electron chi connectivity index (χ1n) is 6.65. The molecule has 2 N–H and O–H groups in total. The standard InChI is InChI=1S/C15H24N2O2.ClH/c1-11(2)13-7-5-6-12(3)15(13)17-14(18)10-16-8-9-19-4;/h5-7,11,16H,8-10H2,1-4H3,(H,17,18);1H. The van der Waals surface area contributed by atoms with E-state index in [-0.39, 0.29) is 18.3 Å². The van der Waals surface area contributed by atoms with Crippen LogP contribution >= 0.6 is 12.4 Å². The van der Waals surface area contributed by atoms with Gasteiger partial charge in [-0.1, -0.05) is 32.0 Å². The number of ether oxygens (including phenoxy) is 1. The van der Waals surface area contributed by atoms with Gasteiger partial charge in [0.2, 0.25) is 5.91 Å². The SMILES string of the molecule is COCCNCC(=O)Nc1c(C)cccc1C(C)C.Cl. The fourth-order valence-corrected chi connectivity index (χ4v) is 1.90. The van der Waals surface area contributed by atoms with Crippen LogP contribution in [-0.4, -0.2) is 32.7 Å². The number of carbonyl (C=O) groups is 1. The number of benzene rings is 1. The van der Waals surface area contributed by atoms with Gasteiger partial charge in [-0.25, -0.2) is 0 Å². The molecule has 0 radical (unpaired) electrons. The van der Waals surface area contributed by atoms with Gasteiger partial charge in [0.25, 0.3) is 0 Å². The molecule has 1 aromatic rings. The van der Waals surface area contributed by atoms with Crippen molar-refractivity contribution < 1.29 is 9.53 Å². The van der Waals surface area contributed by atoms with Gasteiger partial charge in [0.15, 0.2) is 0 Å². The van der Waals surface area contributed by atoms with Gasteiger partial charge < -0.3 is 15.4 Å². The zero-order valence-corrected chi connectivity index (χ0v) is 13.5. The second-order valence-corrected chi connectivity index (χ2v) is 4.91. The van der Waals surface area contributed by atoms with E-state index in [1.807, 2.05) is 19.1 Å². The lowest BCUT2D eigenvalue weighted by molar-refractivity contribution is -0.115. The van der Waals surface area contributed by atoms with Crippen LogP contribution < -0.4 is 10.6 Å². The van der Waals surface area contributed by atoms with Crippen LogP contribution in [0.4, 0.5) is 5.69 Å². The van der Waals surface area contributed by atoms with Crippen molar-refractivity contribution in [3.63, 3.8) is 0 Å². The van der Waals surface area contributed by atoms with Crippen LogP contribution in [0.2, 0.25) is 0 Å². The van der Waals surface area contributed by atoms with Crippen LogP contribution in [0.3, 0.4) is 0 Å². The number of nitrogens with one attached hydrogen (secondary N) is 2. The second-order valence-electron chi connectivity index (χ2n) is 4.91. The first-order chi connectivity index (χ1) is 9.06. The molecule has 0 saturated heterocycles. The summed E-state index contributed by atoms with van der Waals surface area (Å²) in [6.45, 7) is 7.85.